The van der Waals surface area contributed by atoms with Crippen molar-refractivity contribution in [2.75, 3.05) is 0 Å². The summed E-state index contributed by atoms with van der Waals surface area (Å²) in [6.45, 7) is 1.84. The van der Waals surface area contributed by atoms with Crippen LogP contribution in [0.1, 0.15) is 21.6 Å². The van der Waals surface area contributed by atoms with Crippen LogP contribution in [0.2, 0.25) is 5.02 Å². The van der Waals surface area contributed by atoms with Gasteiger partial charge in [-0.15, -0.1) is 0 Å². The average molecular weight is 264 g/mol. The molecule has 0 saturated carbocycles. The van der Waals surface area contributed by atoms with Gasteiger partial charge in [-0.2, -0.15) is 0 Å². The first kappa shape index (κ1) is 12.7. The number of hydrogen-bond acceptors (Lipinski definition) is 2. The molecule has 0 radical (unpaired) electrons. The van der Waals surface area contributed by atoms with E-state index in [1.807, 2.05) is 6.92 Å². The zero-order chi connectivity index (χ0) is 13.1. The molecule has 0 saturated heterocycles. The first-order valence-corrected chi connectivity index (χ1v) is 5.84. The summed E-state index contributed by atoms with van der Waals surface area (Å²) in [5.41, 5.74) is 1.51. The Hall–Kier alpha value is -1.74. The summed E-state index contributed by atoms with van der Waals surface area (Å²) in [6, 6.07) is 7.80. The Labute approximate surface area is 109 Å². The predicted molar refractivity (Wildman–Crippen MR) is 68.4 cm³/mol. The van der Waals surface area contributed by atoms with Crippen molar-refractivity contribution < 1.29 is 9.18 Å². The van der Waals surface area contributed by atoms with Crippen molar-refractivity contribution in [3.8, 4) is 0 Å². The van der Waals surface area contributed by atoms with Gasteiger partial charge in [0.25, 0.3) is 0 Å². The van der Waals surface area contributed by atoms with E-state index in [4.69, 9.17) is 11.6 Å². The van der Waals surface area contributed by atoms with Gasteiger partial charge in [0.05, 0.1) is 0 Å². The second kappa shape index (κ2) is 5.27. The molecule has 0 bridgehead atoms. The molecule has 1 aromatic heterocycles. The van der Waals surface area contributed by atoms with Gasteiger partial charge in [-0.3, -0.25) is 9.78 Å². The molecule has 0 N–H and O–H groups in total. The molecule has 2 rings (SSSR count). The minimum absolute atomic E-state index is 0.0593. The summed E-state index contributed by atoms with van der Waals surface area (Å²) in [7, 11) is 0. The minimum atomic E-state index is -0.462. The zero-order valence-electron chi connectivity index (χ0n) is 9.78. The first-order chi connectivity index (χ1) is 8.58. The summed E-state index contributed by atoms with van der Waals surface area (Å²) >= 11 is 5.88. The number of aromatic nitrogens is 1. The van der Waals surface area contributed by atoms with Gasteiger partial charge < -0.3 is 0 Å². The fourth-order valence-electron chi connectivity index (χ4n) is 1.60. The van der Waals surface area contributed by atoms with E-state index in [9.17, 15) is 9.18 Å². The predicted octanol–water partition coefficient (Wildman–Crippen LogP) is 3.61. The Kier molecular flexibility index (Phi) is 3.72. The molecule has 0 amide bonds. The Bertz CT molecular complexity index is 561. The van der Waals surface area contributed by atoms with Crippen molar-refractivity contribution in [3.05, 3.63) is 64.2 Å². The maximum atomic E-state index is 13.5. The Morgan fingerprint density at radius 2 is 2.11 bits per heavy atom. The molecule has 18 heavy (non-hydrogen) atoms. The fraction of sp³-hybridized carbons (Fsp3) is 0.143. The molecule has 0 unspecified atom stereocenters. The molecule has 1 heterocycles. The van der Waals surface area contributed by atoms with Crippen molar-refractivity contribution >= 4 is 17.4 Å². The number of halogens is 2. The normalized spacial score (nSPS) is 10.4. The first-order valence-electron chi connectivity index (χ1n) is 5.46. The molecular weight excluding hydrogens is 253 g/mol. The van der Waals surface area contributed by atoms with E-state index in [-0.39, 0.29) is 22.8 Å². The number of benzene rings is 1. The number of carbonyl (C=O) groups excluding carboxylic acids is 1. The van der Waals surface area contributed by atoms with Gasteiger partial charge in [-0.1, -0.05) is 17.7 Å². The number of ketones is 1. The molecule has 92 valence electrons. The third-order valence-electron chi connectivity index (χ3n) is 2.63. The van der Waals surface area contributed by atoms with Gasteiger partial charge >= 0.3 is 0 Å². The summed E-state index contributed by atoms with van der Waals surface area (Å²) in [4.78, 5) is 16.0. The maximum Gasteiger partial charge on any atom is 0.168 e. The molecule has 0 atom stereocenters. The Morgan fingerprint density at radius 1 is 1.33 bits per heavy atom. The average Bonchev–Trinajstić information content (AvgIpc) is 2.34. The van der Waals surface area contributed by atoms with Crippen LogP contribution in [-0.2, 0) is 6.42 Å². The van der Waals surface area contributed by atoms with Crippen LogP contribution in [0.15, 0.2) is 36.5 Å². The van der Waals surface area contributed by atoms with Crippen LogP contribution in [0.4, 0.5) is 4.39 Å². The largest absolute Gasteiger partial charge is 0.294 e. The van der Waals surface area contributed by atoms with Crippen molar-refractivity contribution in [1.82, 2.24) is 4.98 Å². The lowest BCUT2D eigenvalue weighted by atomic mass is 10.0. The summed E-state index contributed by atoms with van der Waals surface area (Å²) < 4.78 is 13.5. The van der Waals surface area contributed by atoms with Gasteiger partial charge in [0, 0.05) is 34.5 Å². The van der Waals surface area contributed by atoms with Crippen LogP contribution in [0.25, 0.3) is 0 Å². The van der Waals surface area contributed by atoms with Crippen LogP contribution in [0.3, 0.4) is 0 Å². The Morgan fingerprint density at radius 3 is 2.72 bits per heavy atom. The molecule has 0 spiro atoms. The number of rotatable bonds is 3. The van der Waals surface area contributed by atoms with Gasteiger partial charge in [-0.05, 0) is 31.2 Å². The topological polar surface area (TPSA) is 30.0 Å². The van der Waals surface area contributed by atoms with Gasteiger partial charge in [-0.25, -0.2) is 4.39 Å². The SMILES string of the molecule is Cc1ccc(C(=O)Cc2c(F)cccc2Cl)cn1. The third-order valence-corrected chi connectivity index (χ3v) is 2.99. The highest BCUT2D eigenvalue weighted by Gasteiger charge is 2.13. The highest BCUT2D eigenvalue weighted by Crippen LogP contribution is 2.20. The molecule has 1 aromatic carbocycles. The van der Waals surface area contributed by atoms with Crippen LogP contribution >= 0.6 is 11.6 Å². The lowest BCUT2D eigenvalue weighted by Crippen LogP contribution is -2.06. The maximum absolute atomic E-state index is 13.5. The van der Waals surface area contributed by atoms with E-state index in [1.54, 1.807) is 18.2 Å². The second-order valence-corrected chi connectivity index (χ2v) is 4.40. The highest BCUT2D eigenvalue weighted by atomic mass is 35.5. The number of nitrogens with zero attached hydrogens (tertiary/aromatic N) is 1. The van der Waals surface area contributed by atoms with Crippen molar-refractivity contribution in [2.45, 2.75) is 13.3 Å². The van der Waals surface area contributed by atoms with Crippen LogP contribution < -0.4 is 0 Å². The monoisotopic (exact) mass is 263 g/mol. The standard InChI is InChI=1S/C14H11ClFNO/c1-9-5-6-10(8-17-9)14(18)7-11-12(15)3-2-4-13(11)16/h2-6,8H,7H2,1H3. The number of aryl methyl sites for hydroxylation is 1. The molecule has 0 aliphatic heterocycles. The molecule has 2 aromatic rings. The van der Waals surface area contributed by atoms with E-state index in [0.29, 0.717) is 5.56 Å². The van der Waals surface area contributed by atoms with Crippen molar-refractivity contribution in [3.63, 3.8) is 0 Å². The van der Waals surface area contributed by atoms with Gasteiger partial charge in [0.1, 0.15) is 5.82 Å². The van der Waals surface area contributed by atoms with E-state index >= 15 is 0 Å². The molecule has 0 fully saturated rings. The van der Waals surface area contributed by atoms with E-state index in [1.165, 1.54) is 18.3 Å². The lowest BCUT2D eigenvalue weighted by Gasteiger charge is -2.05. The van der Waals surface area contributed by atoms with Crippen LogP contribution in [-0.4, -0.2) is 10.8 Å². The molecule has 0 aliphatic carbocycles. The van der Waals surface area contributed by atoms with Crippen molar-refractivity contribution in [1.29, 1.82) is 0 Å². The minimum Gasteiger partial charge on any atom is -0.294 e. The van der Waals surface area contributed by atoms with Crippen molar-refractivity contribution in [2.24, 2.45) is 0 Å². The van der Waals surface area contributed by atoms with E-state index in [0.717, 1.165) is 5.69 Å². The second-order valence-electron chi connectivity index (χ2n) is 3.99. The zero-order valence-corrected chi connectivity index (χ0v) is 10.5. The smallest absolute Gasteiger partial charge is 0.168 e. The van der Waals surface area contributed by atoms with E-state index in [2.05, 4.69) is 4.98 Å². The summed E-state index contributed by atoms with van der Waals surface area (Å²) in [5.74, 6) is -0.662. The Balaban J connectivity index is 2.24. The lowest BCUT2D eigenvalue weighted by molar-refractivity contribution is 0.0991. The molecule has 0 aliphatic rings. The highest BCUT2D eigenvalue weighted by molar-refractivity contribution is 6.31. The summed E-state index contributed by atoms with van der Waals surface area (Å²) in [5, 5.41) is 0.267. The number of Topliss-reactive ketones (excluding diaryl/α,β-unsaturated/α-hetero) is 1. The van der Waals surface area contributed by atoms with Crippen LogP contribution in [0.5, 0.6) is 0 Å². The molecule has 4 heteroatoms. The van der Waals surface area contributed by atoms with E-state index < -0.39 is 5.82 Å². The van der Waals surface area contributed by atoms with Gasteiger partial charge in [0.15, 0.2) is 5.78 Å². The quantitative estimate of drug-likeness (QED) is 0.792. The molecular formula is C14H11ClFNO. The van der Waals surface area contributed by atoms with Gasteiger partial charge in [0.2, 0.25) is 0 Å². The summed E-state index contributed by atoms with van der Waals surface area (Å²) in [6.07, 6.45) is 1.43. The fourth-order valence-corrected chi connectivity index (χ4v) is 1.83. The number of carbonyl (C=O) groups is 1. The number of hydrogen-bond donors (Lipinski definition) is 0. The van der Waals surface area contributed by atoms with Crippen LogP contribution in [0, 0.1) is 12.7 Å². The molecule has 2 nitrogen and oxygen atoms in total. The third kappa shape index (κ3) is 2.74. The number of pyridine rings is 1.